The first-order chi connectivity index (χ1) is 13.1. The van der Waals surface area contributed by atoms with Crippen LogP contribution in [0.25, 0.3) is 0 Å². The van der Waals surface area contributed by atoms with Crippen LogP contribution in [-0.4, -0.2) is 59.1 Å². The van der Waals surface area contributed by atoms with Gasteiger partial charge in [-0.15, -0.1) is 16.0 Å². The summed E-state index contributed by atoms with van der Waals surface area (Å²) in [5.74, 6) is 0. The topological polar surface area (TPSA) is 95.6 Å². The molecule has 0 aromatic rings. The highest BCUT2D eigenvalue weighted by Gasteiger charge is 2.56. The van der Waals surface area contributed by atoms with Crippen molar-refractivity contribution in [3.8, 4) is 0 Å². The Kier molecular flexibility index (Phi) is 4.85. The van der Waals surface area contributed by atoms with Crippen LogP contribution in [0.5, 0.6) is 0 Å². The van der Waals surface area contributed by atoms with Crippen LogP contribution in [0.1, 0.15) is 19.8 Å². The number of carbonyl (C=O) groups is 1. The normalized spacial score (nSPS) is 41.5. The number of thiol groups is 1. The summed E-state index contributed by atoms with van der Waals surface area (Å²) in [7, 11) is -2.37. The lowest BCUT2D eigenvalue weighted by Gasteiger charge is -2.49. The van der Waals surface area contributed by atoms with Gasteiger partial charge in [0.2, 0.25) is 0 Å². The smallest absolute Gasteiger partial charge is 0.386 e. The number of carbonyl (C=O) groups excluding carboxylic acids is 1. The molecule has 1 spiro atoms. The van der Waals surface area contributed by atoms with Gasteiger partial charge in [0.1, 0.15) is 17.2 Å². The van der Waals surface area contributed by atoms with Gasteiger partial charge in [-0.2, -0.15) is 18.3 Å². The lowest BCUT2D eigenvalue weighted by molar-refractivity contribution is -0.160. The van der Waals surface area contributed by atoms with Gasteiger partial charge in [-0.1, -0.05) is 0 Å². The summed E-state index contributed by atoms with van der Waals surface area (Å²) in [6.07, 6.45) is -2.33. The van der Waals surface area contributed by atoms with Gasteiger partial charge < -0.3 is 15.2 Å². The van der Waals surface area contributed by atoms with E-state index in [9.17, 15) is 23.1 Å². The van der Waals surface area contributed by atoms with Gasteiger partial charge in [0.05, 0.1) is 12.8 Å². The highest BCUT2D eigenvalue weighted by molar-refractivity contribution is 9.14. The molecular formula is C16H18BrF3N4O3S. The second-order valence-corrected chi connectivity index (χ2v) is 10.8. The molecule has 4 aliphatic rings. The largest absolute Gasteiger partial charge is 0.459 e. The molecule has 0 aliphatic carbocycles. The third kappa shape index (κ3) is 3.09. The van der Waals surface area contributed by atoms with Crippen molar-refractivity contribution >= 4 is 38.2 Å². The molecule has 1 saturated heterocycles. The van der Waals surface area contributed by atoms with E-state index in [1.165, 1.54) is 6.08 Å². The Bertz CT molecular complexity index is 831. The van der Waals surface area contributed by atoms with E-state index >= 15 is 0 Å². The van der Waals surface area contributed by atoms with Crippen molar-refractivity contribution in [2.45, 2.75) is 49.2 Å². The Labute approximate surface area is 169 Å². The molecule has 12 heteroatoms. The maximum absolute atomic E-state index is 13.3. The first kappa shape index (κ1) is 20.2. The average Bonchev–Trinajstić information content (AvgIpc) is 3.22. The van der Waals surface area contributed by atoms with E-state index in [4.69, 9.17) is 4.74 Å². The zero-order chi connectivity index (χ0) is 20.3. The Morgan fingerprint density at radius 2 is 2.25 bits per heavy atom. The molecule has 154 valence electrons. The number of fused-ring (bicyclic) bond motifs is 1. The predicted octanol–water partition coefficient (Wildman–Crippen LogP) is 2.67. The molecule has 1 fully saturated rings. The zero-order valence-corrected chi connectivity index (χ0v) is 17.2. The standard InChI is InChI=1S/C16H18BrF3N4O3S/c1-14(7-22-24-23-14)10-5-15(2-3-21-10)12-8(9(25)6-27-15)4-11(17)28(12)13(26)16(18,19)20/h4,7,9-10,21,25,28H,2-3,5-6H2,1H3. The van der Waals surface area contributed by atoms with E-state index in [2.05, 4.69) is 36.7 Å². The molecule has 4 aliphatic heterocycles. The van der Waals surface area contributed by atoms with E-state index < -0.39 is 39.4 Å². The number of aliphatic hydroxyl groups excluding tert-OH is 1. The van der Waals surface area contributed by atoms with Crippen molar-refractivity contribution in [2.75, 3.05) is 13.2 Å². The molecule has 4 heterocycles. The van der Waals surface area contributed by atoms with E-state index in [0.717, 1.165) is 0 Å². The van der Waals surface area contributed by atoms with Gasteiger partial charge in [-0.05, 0) is 59.1 Å². The molecule has 0 bridgehead atoms. The molecule has 0 radical (unpaired) electrons. The summed E-state index contributed by atoms with van der Waals surface area (Å²) >= 11 is 3.15. The quantitative estimate of drug-likeness (QED) is 0.500. The monoisotopic (exact) mass is 482 g/mol. The van der Waals surface area contributed by atoms with Crippen LogP contribution in [0.3, 0.4) is 0 Å². The van der Waals surface area contributed by atoms with E-state index in [-0.39, 0.29) is 27.8 Å². The van der Waals surface area contributed by atoms with Crippen LogP contribution in [-0.2, 0) is 9.53 Å². The van der Waals surface area contributed by atoms with Crippen LogP contribution in [0.4, 0.5) is 13.2 Å². The summed E-state index contributed by atoms with van der Waals surface area (Å²) in [6.45, 7) is 2.23. The molecule has 5 unspecified atom stereocenters. The van der Waals surface area contributed by atoms with Crippen LogP contribution in [0, 0.1) is 0 Å². The fraction of sp³-hybridized carbons (Fsp3) is 0.625. The number of aliphatic hydroxyl groups is 1. The Balaban J connectivity index is 1.76. The summed E-state index contributed by atoms with van der Waals surface area (Å²) in [4.78, 5) is 12.5. The molecule has 5 atom stereocenters. The Morgan fingerprint density at radius 3 is 2.89 bits per heavy atom. The zero-order valence-electron chi connectivity index (χ0n) is 14.7. The minimum Gasteiger partial charge on any atom is -0.386 e. The van der Waals surface area contributed by atoms with Gasteiger partial charge in [0.15, 0.2) is 0 Å². The average molecular weight is 483 g/mol. The molecule has 7 nitrogen and oxygen atoms in total. The van der Waals surface area contributed by atoms with Crippen molar-refractivity contribution in [1.82, 2.24) is 5.32 Å². The fourth-order valence-electron chi connectivity index (χ4n) is 4.10. The van der Waals surface area contributed by atoms with Crippen molar-refractivity contribution < 1.29 is 27.8 Å². The van der Waals surface area contributed by atoms with Gasteiger partial charge in [0, 0.05) is 14.8 Å². The third-order valence-corrected chi connectivity index (χ3v) is 9.15. The number of halogens is 4. The van der Waals surface area contributed by atoms with Crippen molar-refractivity contribution in [3.63, 3.8) is 0 Å². The van der Waals surface area contributed by atoms with Crippen LogP contribution in [0.15, 0.2) is 35.8 Å². The number of hydrogen-bond acceptors (Lipinski definition) is 7. The summed E-state index contributed by atoms with van der Waals surface area (Å²) in [5, 5.41) is 23.4. The maximum Gasteiger partial charge on any atom is 0.459 e. The van der Waals surface area contributed by atoms with E-state index in [0.29, 0.717) is 18.5 Å². The molecular weight excluding hydrogens is 465 g/mol. The minimum absolute atomic E-state index is 0.0436. The Morgan fingerprint density at radius 1 is 1.50 bits per heavy atom. The molecule has 28 heavy (non-hydrogen) atoms. The van der Waals surface area contributed by atoms with Crippen molar-refractivity contribution in [1.29, 1.82) is 0 Å². The number of nitrogens with one attached hydrogen (secondary N) is 1. The molecule has 4 rings (SSSR count). The highest BCUT2D eigenvalue weighted by atomic mass is 79.9. The number of alkyl halides is 3. The van der Waals surface area contributed by atoms with Gasteiger partial charge in [0.25, 0.3) is 5.12 Å². The molecule has 0 saturated carbocycles. The lowest BCUT2D eigenvalue weighted by Crippen LogP contribution is -2.60. The number of hydrogen-bond donors (Lipinski definition) is 3. The number of nitrogens with zero attached hydrogens (tertiary/aromatic N) is 3. The number of rotatable bonds is 1. The van der Waals surface area contributed by atoms with Gasteiger partial charge in [-0.25, -0.2) is 0 Å². The van der Waals surface area contributed by atoms with E-state index in [1.807, 2.05) is 6.92 Å². The molecule has 0 aromatic carbocycles. The Hall–Kier alpha value is -1.08. The molecule has 2 N–H and O–H groups in total. The van der Waals surface area contributed by atoms with Crippen LogP contribution >= 0.6 is 26.8 Å². The van der Waals surface area contributed by atoms with E-state index in [1.54, 1.807) is 6.21 Å². The summed E-state index contributed by atoms with van der Waals surface area (Å²) in [5.41, 5.74) is -1.49. The third-order valence-electron chi connectivity index (χ3n) is 5.53. The number of ether oxygens (including phenoxy) is 1. The first-order valence-corrected chi connectivity index (χ1v) is 10.8. The molecule has 0 amide bonds. The molecule has 0 aromatic heterocycles. The second kappa shape index (κ2) is 6.73. The SMILES string of the molecule is CC1(C2CC3(CCN2)OCC(O)C2=C3[SH](C(=O)C(F)(F)F)C(Br)=C2)C=NN=N1. The van der Waals surface area contributed by atoms with Gasteiger partial charge in [-0.3, -0.25) is 4.79 Å². The van der Waals surface area contributed by atoms with Crippen LogP contribution < -0.4 is 5.32 Å². The lowest BCUT2D eigenvalue weighted by atomic mass is 9.77. The number of piperidine rings is 1. The summed E-state index contributed by atoms with van der Waals surface area (Å²) in [6, 6.07) is -0.294. The highest BCUT2D eigenvalue weighted by Crippen LogP contribution is 2.63. The van der Waals surface area contributed by atoms with Gasteiger partial charge >= 0.3 is 6.18 Å². The van der Waals surface area contributed by atoms with Crippen LogP contribution in [0.2, 0.25) is 0 Å². The van der Waals surface area contributed by atoms with Crippen molar-refractivity contribution in [2.24, 2.45) is 15.4 Å². The second-order valence-electron chi connectivity index (χ2n) is 7.35. The summed E-state index contributed by atoms with van der Waals surface area (Å²) < 4.78 is 46.1. The predicted molar refractivity (Wildman–Crippen MR) is 102 cm³/mol. The fourth-order valence-corrected chi connectivity index (χ4v) is 7.64. The minimum atomic E-state index is -4.98. The first-order valence-electron chi connectivity index (χ1n) is 8.62. The maximum atomic E-state index is 13.3. The van der Waals surface area contributed by atoms with Crippen molar-refractivity contribution in [3.05, 3.63) is 20.4 Å².